The van der Waals surface area contributed by atoms with Gasteiger partial charge in [0.05, 0.1) is 17.7 Å². The lowest BCUT2D eigenvalue weighted by Gasteiger charge is -2.19. The highest BCUT2D eigenvalue weighted by atomic mass is 35.5. The van der Waals surface area contributed by atoms with Crippen molar-refractivity contribution in [3.8, 4) is 0 Å². The lowest BCUT2D eigenvalue weighted by molar-refractivity contribution is 0.556. The van der Waals surface area contributed by atoms with Gasteiger partial charge in [0.2, 0.25) is 0 Å². The smallest absolute Gasteiger partial charge is 0.280 e. The monoisotopic (exact) mass is 405 g/mol. The molecular weight excluding hydrogens is 390 g/mol. The SMILES string of the molecule is N=C/C(=C\C(=N)Cl)C1=c2[nH]/c(=C\c3ccco3)c(=O)n2C=C(c2ccccc2)N1. The normalized spacial score (nSPS) is 14.2. The average molecular weight is 406 g/mol. The van der Waals surface area contributed by atoms with Gasteiger partial charge in [-0.1, -0.05) is 41.9 Å². The quantitative estimate of drug-likeness (QED) is 0.487. The van der Waals surface area contributed by atoms with Crippen LogP contribution >= 0.6 is 11.6 Å². The minimum Gasteiger partial charge on any atom is -0.465 e. The van der Waals surface area contributed by atoms with E-state index in [1.54, 1.807) is 24.4 Å². The van der Waals surface area contributed by atoms with Crippen LogP contribution in [0.25, 0.3) is 23.7 Å². The van der Waals surface area contributed by atoms with Crippen LogP contribution < -0.4 is 21.7 Å². The van der Waals surface area contributed by atoms with Crippen molar-refractivity contribution in [2.45, 2.75) is 0 Å². The van der Waals surface area contributed by atoms with Crippen LogP contribution in [0.3, 0.4) is 0 Å². The van der Waals surface area contributed by atoms with Crippen LogP contribution in [0.15, 0.2) is 69.6 Å². The van der Waals surface area contributed by atoms with Crippen molar-refractivity contribution in [1.82, 2.24) is 14.9 Å². The van der Waals surface area contributed by atoms with Gasteiger partial charge in [-0.2, -0.15) is 0 Å². The molecule has 0 radical (unpaired) electrons. The lowest BCUT2D eigenvalue weighted by atomic mass is 10.1. The number of benzene rings is 1. The summed E-state index contributed by atoms with van der Waals surface area (Å²) in [6, 6.07) is 13.0. The Morgan fingerprint density at radius 3 is 2.62 bits per heavy atom. The third-order valence-electron chi connectivity index (χ3n) is 4.34. The highest BCUT2D eigenvalue weighted by molar-refractivity contribution is 6.67. The molecule has 0 spiro atoms. The van der Waals surface area contributed by atoms with E-state index >= 15 is 0 Å². The number of furan rings is 1. The van der Waals surface area contributed by atoms with E-state index in [0.717, 1.165) is 11.8 Å². The van der Waals surface area contributed by atoms with E-state index in [-0.39, 0.29) is 10.7 Å². The van der Waals surface area contributed by atoms with Crippen molar-refractivity contribution >= 4 is 46.7 Å². The van der Waals surface area contributed by atoms with Crippen molar-refractivity contribution in [2.75, 3.05) is 0 Å². The molecule has 1 aromatic carbocycles. The van der Waals surface area contributed by atoms with E-state index in [9.17, 15) is 4.79 Å². The zero-order chi connectivity index (χ0) is 20.4. The molecule has 29 heavy (non-hydrogen) atoms. The number of rotatable bonds is 5. The van der Waals surface area contributed by atoms with Crippen molar-refractivity contribution < 1.29 is 4.42 Å². The van der Waals surface area contributed by atoms with Gasteiger partial charge in [0.25, 0.3) is 5.56 Å². The molecule has 144 valence electrons. The first-order valence-corrected chi connectivity index (χ1v) is 9.05. The molecule has 0 saturated heterocycles. The Hall–Kier alpha value is -3.84. The lowest BCUT2D eigenvalue weighted by Crippen LogP contribution is -2.35. The Morgan fingerprint density at radius 1 is 1.17 bits per heavy atom. The summed E-state index contributed by atoms with van der Waals surface area (Å²) in [5.41, 5.74) is 2.53. The molecule has 4 N–H and O–H groups in total. The zero-order valence-corrected chi connectivity index (χ0v) is 15.8. The summed E-state index contributed by atoms with van der Waals surface area (Å²) in [6.45, 7) is 0. The number of imidazole rings is 1. The number of H-pyrrole nitrogens is 1. The Balaban J connectivity index is 2.01. The van der Waals surface area contributed by atoms with Crippen LogP contribution in [0.1, 0.15) is 11.3 Å². The second-order valence-electron chi connectivity index (χ2n) is 6.22. The summed E-state index contributed by atoms with van der Waals surface area (Å²) < 4.78 is 6.78. The fourth-order valence-electron chi connectivity index (χ4n) is 3.04. The molecular formula is C21H16ClN5O2. The van der Waals surface area contributed by atoms with Crippen LogP contribution in [-0.4, -0.2) is 20.9 Å². The fourth-order valence-corrected chi connectivity index (χ4v) is 3.16. The molecule has 0 unspecified atom stereocenters. The Kier molecular flexibility index (Phi) is 4.88. The first-order chi connectivity index (χ1) is 14.1. The van der Waals surface area contributed by atoms with Crippen LogP contribution in [-0.2, 0) is 0 Å². The second-order valence-corrected chi connectivity index (χ2v) is 6.63. The Labute approximate surface area is 170 Å². The first-order valence-electron chi connectivity index (χ1n) is 8.68. The van der Waals surface area contributed by atoms with Crippen molar-refractivity contribution in [3.05, 3.63) is 92.9 Å². The number of allylic oxidation sites excluding steroid dienone is 1. The number of hydrogen-bond donors (Lipinski definition) is 4. The van der Waals surface area contributed by atoms with E-state index in [1.165, 1.54) is 16.9 Å². The van der Waals surface area contributed by atoms with Gasteiger partial charge in [-0.3, -0.25) is 14.8 Å². The molecule has 7 nitrogen and oxygen atoms in total. The highest BCUT2D eigenvalue weighted by Crippen LogP contribution is 2.18. The Morgan fingerprint density at radius 2 is 1.97 bits per heavy atom. The summed E-state index contributed by atoms with van der Waals surface area (Å²) in [4.78, 5) is 16.1. The summed E-state index contributed by atoms with van der Waals surface area (Å²) in [7, 11) is 0. The maximum atomic E-state index is 13.0. The van der Waals surface area contributed by atoms with Gasteiger partial charge < -0.3 is 20.1 Å². The van der Waals surface area contributed by atoms with E-state index in [4.69, 9.17) is 26.8 Å². The van der Waals surface area contributed by atoms with Gasteiger partial charge in [-0.05, 0) is 23.8 Å². The number of nitrogens with zero attached hydrogens (tertiary/aromatic N) is 1. The molecule has 0 bridgehead atoms. The summed E-state index contributed by atoms with van der Waals surface area (Å²) >= 11 is 5.73. The van der Waals surface area contributed by atoms with Gasteiger partial charge in [0.15, 0.2) is 0 Å². The third kappa shape index (κ3) is 3.63. The number of nitrogens with one attached hydrogen (secondary N) is 4. The summed E-state index contributed by atoms with van der Waals surface area (Å²) in [5, 5.41) is 18.7. The molecule has 2 aromatic heterocycles. The number of fused-ring (bicyclic) bond motifs is 1. The molecule has 3 heterocycles. The standard InChI is InChI=1S/C21H16ClN5O2/c22-18(24)9-14(11-23)19-20-26-16(10-15-7-4-8-29-15)21(28)27(20)12-17(25-19)13-5-2-1-3-6-13/h1-12,23-26H/b14-9+,16-10-,23-11?,24-18?. The summed E-state index contributed by atoms with van der Waals surface area (Å²) in [5.74, 6) is 0.536. The molecule has 0 amide bonds. The molecule has 0 aliphatic carbocycles. The molecule has 3 aromatic rings. The molecule has 1 aliphatic rings. The number of halogens is 1. The molecule has 8 heteroatoms. The second kappa shape index (κ2) is 7.65. The molecule has 0 saturated carbocycles. The van der Waals surface area contributed by atoms with Gasteiger partial charge in [0.1, 0.15) is 21.8 Å². The summed E-state index contributed by atoms with van der Waals surface area (Å²) in [6.07, 6.45) is 7.26. The average Bonchev–Trinajstić information content (AvgIpc) is 3.35. The van der Waals surface area contributed by atoms with E-state index in [0.29, 0.717) is 33.6 Å². The van der Waals surface area contributed by atoms with Crippen molar-refractivity contribution in [1.29, 1.82) is 10.8 Å². The maximum Gasteiger partial charge on any atom is 0.280 e. The largest absolute Gasteiger partial charge is 0.465 e. The fraction of sp³-hybridized carbons (Fsp3) is 0. The topological polar surface area (TPSA) is 111 Å². The molecule has 1 aliphatic heterocycles. The van der Waals surface area contributed by atoms with Crippen molar-refractivity contribution in [3.63, 3.8) is 0 Å². The van der Waals surface area contributed by atoms with E-state index in [2.05, 4.69) is 10.3 Å². The van der Waals surface area contributed by atoms with Crippen LogP contribution in [0.2, 0.25) is 0 Å². The molecule has 4 rings (SSSR count). The maximum absolute atomic E-state index is 13.0. The first kappa shape index (κ1) is 18.5. The Bertz CT molecular complexity index is 1330. The van der Waals surface area contributed by atoms with Gasteiger partial charge >= 0.3 is 0 Å². The zero-order valence-electron chi connectivity index (χ0n) is 15.1. The van der Waals surface area contributed by atoms with E-state index in [1.807, 2.05) is 30.3 Å². The van der Waals surface area contributed by atoms with Gasteiger partial charge in [-0.15, -0.1) is 0 Å². The van der Waals surface area contributed by atoms with Gasteiger partial charge in [-0.25, -0.2) is 0 Å². The third-order valence-corrected chi connectivity index (χ3v) is 4.45. The minimum absolute atomic E-state index is 0.226. The van der Waals surface area contributed by atoms with Gasteiger partial charge in [0, 0.05) is 24.1 Å². The molecule has 0 fully saturated rings. The predicted octanol–water partition coefficient (Wildman–Crippen LogP) is 2.06. The minimum atomic E-state index is -0.269. The van der Waals surface area contributed by atoms with Crippen LogP contribution in [0, 0.1) is 10.8 Å². The number of aromatic amines is 1. The predicted molar refractivity (Wildman–Crippen MR) is 114 cm³/mol. The molecule has 0 atom stereocenters. The van der Waals surface area contributed by atoms with Crippen LogP contribution in [0.4, 0.5) is 0 Å². The number of hydrogen-bond acceptors (Lipinski definition) is 5. The van der Waals surface area contributed by atoms with E-state index < -0.39 is 0 Å². The number of aromatic nitrogens is 2. The highest BCUT2D eigenvalue weighted by Gasteiger charge is 2.18. The van der Waals surface area contributed by atoms with Crippen molar-refractivity contribution in [2.24, 2.45) is 0 Å². The van der Waals surface area contributed by atoms with Crippen LogP contribution in [0.5, 0.6) is 0 Å².